The van der Waals surface area contributed by atoms with E-state index in [1.807, 2.05) is 17.9 Å². The first kappa shape index (κ1) is 16.4. The molecular weight excluding hydrogens is 306 g/mol. The van der Waals surface area contributed by atoms with E-state index in [1.165, 1.54) is 0 Å². The van der Waals surface area contributed by atoms with E-state index in [2.05, 4.69) is 16.3 Å². The van der Waals surface area contributed by atoms with Gasteiger partial charge in [0, 0.05) is 24.7 Å². The molecule has 6 heteroatoms. The summed E-state index contributed by atoms with van der Waals surface area (Å²) in [6, 6.07) is 7.45. The van der Waals surface area contributed by atoms with E-state index in [4.69, 9.17) is 9.47 Å². The summed E-state index contributed by atoms with van der Waals surface area (Å²) >= 11 is 0. The number of aryl methyl sites for hydroxylation is 1. The Hall–Kier alpha value is -2.50. The number of aromatic amines is 1. The summed E-state index contributed by atoms with van der Waals surface area (Å²) in [5, 5.41) is 7.34. The van der Waals surface area contributed by atoms with Gasteiger partial charge in [0.25, 0.3) is 5.91 Å². The van der Waals surface area contributed by atoms with E-state index in [0.29, 0.717) is 23.6 Å². The number of hydrogen-bond acceptors (Lipinski definition) is 4. The molecule has 1 aliphatic rings. The highest BCUT2D eigenvalue weighted by atomic mass is 16.5. The molecule has 0 bridgehead atoms. The molecule has 6 nitrogen and oxygen atoms in total. The topological polar surface area (TPSA) is 67.5 Å². The van der Waals surface area contributed by atoms with E-state index in [9.17, 15) is 4.79 Å². The number of likely N-dealkylation sites (tertiary alicyclic amines) is 1. The van der Waals surface area contributed by atoms with Crippen molar-refractivity contribution in [1.29, 1.82) is 0 Å². The van der Waals surface area contributed by atoms with Crippen LogP contribution in [0.4, 0.5) is 0 Å². The van der Waals surface area contributed by atoms with E-state index >= 15 is 0 Å². The summed E-state index contributed by atoms with van der Waals surface area (Å²) in [6.45, 7) is 3.41. The van der Waals surface area contributed by atoms with Crippen LogP contribution in [0, 0.1) is 6.92 Å². The number of hydrogen-bond donors (Lipinski definition) is 1. The lowest BCUT2D eigenvalue weighted by Crippen LogP contribution is -2.39. The van der Waals surface area contributed by atoms with Crippen LogP contribution < -0.4 is 9.47 Å². The second-order valence-electron chi connectivity index (χ2n) is 6.11. The Morgan fingerprint density at radius 1 is 1.33 bits per heavy atom. The van der Waals surface area contributed by atoms with Gasteiger partial charge in [0.2, 0.25) is 0 Å². The Labute approximate surface area is 141 Å². The molecule has 2 aromatic rings. The molecule has 1 amide bonds. The van der Waals surface area contributed by atoms with Crippen molar-refractivity contribution in [3.05, 3.63) is 41.2 Å². The molecule has 2 heterocycles. The maximum Gasteiger partial charge on any atom is 0.257 e. The van der Waals surface area contributed by atoms with Crippen molar-refractivity contribution in [2.24, 2.45) is 0 Å². The van der Waals surface area contributed by atoms with Crippen LogP contribution in [0.1, 0.15) is 40.5 Å². The molecule has 1 aliphatic heterocycles. The summed E-state index contributed by atoms with van der Waals surface area (Å²) in [6.07, 6.45) is 2.01. The molecule has 3 rings (SSSR count). The molecule has 1 saturated heterocycles. The monoisotopic (exact) mass is 329 g/mol. The highest BCUT2D eigenvalue weighted by Gasteiger charge is 2.29. The molecule has 1 atom stereocenters. The van der Waals surface area contributed by atoms with Gasteiger partial charge in [0.1, 0.15) is 0 Å². The minimum absolute atomic E-state index is 0.0253. The van der Waals surface area contributed by atoms with Crippen LogP contribution in [-0.2, 0) is 0 Å². The lowest BCUT2D eigenvalue weighted by atomic mass is 9.94. The number of rotatable bonds is 4. The number of piperidine rings is 1. The van der Waals surface area contributed by atoms with Crippen LogP contribution in [0.25, 0.3) is 0 Å². The van der Waals surface area contributed by atoms with Gasteiger partial charge in [-0.05, 0) is 38.0 Å². The Kier molecular flexibility index (Phi) is 4.74. The fourth-order valence-corrected chi connectivity index (χ4v) is 3.28. The number of nitrogens with one attached hydrogen (secondary N) is 1. The molecule has 0 saturated carbocycles. The zero-order valence-electron chi connectivity index (χ0n) is 14.3. The molecule has 0 spiro atoms. The van der Waals surface area contributed by atoms with Crippen LogP contribution in [0.3, 0.4) is 0 Å². The third kappa shape index (κ3) is 3.09. The second-order valence-corrected chi connectivity index (χ2v) is 6.11. The van der Waals surface area contributed by atoms with Crippen molar-refractivity contribution >= 4 is 5.91 Å². The average Bonchev–Trinajstić information content (AvgIpc) is 3.06. The Morgan fingerprint density at radius 3 is 2.83 bits per heavy atom. The fourth-order valence-electron chi connectivity index (χ4n) is 3.28. The van der Waals surface area contributed by atoms with E-state index in [-0.39, 0.29) is 11.8 Å². The van der Waals surface area contributed by atoms with E-state index < -0.39 is 0 Å². The molecule has 1 aromatic heterocycles. The largest absolute Gasteiger partial charge is 0.493 e. The van der Waals surface area contributed by atoms with Crippen LogP contribution in [0.15, 0.2) is 24.3 Å². The van der Waals surface area contributed by atoms with Gasteiger partial charge in [-0.25, -0.2) is 0 Å². The SMILES string of the molecule is COc1cccc(C(=O)N2CCC[C@H](c3cc(C)[nH]n3)C2)c1OC. The number of carbonyl (C=O) groups is 1. The minimum atomic E-state index is -0.0253. The molecule has 0 unspecified atom stereocenters. The van der Waals surface area contributed by atoms with Crippen molar-refractivity contribution in [2.75, 3.05) is 27.3 Å². The number of benzene rings is 1. The average molecular weight is 329 g/mol. The first-order valence-electron chi connectivity index (χ1n) is 8.16. The first-order chi connectivity index (χ1) is 11.6. The number of carbonyl (C=O) groups excluding carboxylic acids is 1. The summed E-state index contributed by atoms with van der Waals surface area (Å²) in [5.41, 5.74) is 2.61. The number of ether oxygens (including phenoxy) is 2. The predicted molar refractivity (Wildman–Crippen MR) is 90.7 cm³/mol. The number of H-pyrrole nitrogens is 1. The predicted octanol–water partition coefficient (Wildman–Crippen LogP) is 2.76. The smallest absolute Gasteiger partial charge is 0.257 e. The zero-order valence-corrected chi connectivity index (χ0v) is 14.3. The summed E-state index contributed by atoms with van der Waals surface area (Å²) in [5.74, 6) is 1.30. The lowest BCUT2D eigenvalue weighted by Gasteiger charge is -2.32. The van der Waals surface area contributed by atoms with Gasteiger partial charge in [0.15, 0.2) is 11.5 Å². The second kappa shape index (κ2) is 6.95. The van der Waals surface area contributed by atoms with Gasteiger partial charge >= 0.3 is 0 Å². The number of aromatic nitrogens is 2. The van der Waals surface area contributed by atoms with Gasteiger partial charge in [-0.15, -0.1) is 0 Å². The molecule has 1 N–H and O–H groups in total. The van der Waals surface area contributed by atoms with E-state index in [1.54, 1.807) is 26.4 Å². The molecule has 0 radical (unpaired) electrons. The molecule has 1 aromatic carbocycles. The maximum atomic E-state index is 13.0. The third-order valence-corrected chi connectivity index (χ3v) is 4.49. The fraction of sp³-hybridized carbons (Fsp3) is 0.444. The van der Waals surface area contributed by atoms with Gasteiger partial charge in [-0.2, -0.15) is 5.10 Å². The zero-order chi connectivity index (χ0) is 17.1. The maximum absolute atomic E-state index is 13.0. The highest BCUT2D eigenvalue weighted by molar-refractivity contribution is 5.98. The van der Waals surface area contributed by atoms with Crippen LogP contribution in [0.5, 0.6) is 11.5 Å². The molecule has 1 fully saturated rings. The molecule has 0 aliphatic carbocycles. The van der Waals surface area contributed by atoms with Crippen LogP contribution in [0.2, 0.25) is 0 Å². The molecule has 128 valence electrons. The number of amides is 1. The number of para-hydroxylation sites is 1. The van der Waals surface area contributed by atoms with Crippen LogP contribution >= 0.6 is 0 Å². The summed E-state index contributed by atoms with van der Waals surface area (Å²) in [4.78, 5) is 14.9. The first-order valence-corrected chi connectivity index (χ1v) is 8.16. The van der Waals surface area contributed by atoms with Crippen molar-refractivity contribution in [3.8, 4) is 11.5 Å². The van der Waals surface area contributed by atoms with Gasteiger partial charge in [-0.3, -0.25) is 9.89 Å². The summed E-state index contributed by atoms with van der Waals surface area (Å²) < 4.78 is 10.7. The van der Waals surface area contributed by atoms with Crippen LogP contribution in [-0.4, -0.2) is 48.3 Å². The lowest BCUT2D eigenvalue weighted by molar-refractivity contribution is 0.0702. The normalized spacial score (nSPS) is 17.6. The quantitative estimate of drug-likeness (QED) is 0.936. The van der Waals surface area contributed by atoms with Gasteiger partial charge in [0.05, 0.1) is 25.5 Å². The van der Waals surface area contributed by atoms with Crippen molar-refractivity contribution in [3.63, 3.8) is 0 Å². The highest BCUT2D eigenvalue weighted by Crippen LogP contribution is 2.33. The summed E-state index contributed by atoms with van der Waals surface area (Å²) in [7, 11) is 3.13. The van der Waals surface area contributed by atoms with Crippen molar-refractivity contribution in [1.82, 2.24) is 15.1 Å². The van der Waals surface area contributed by atoms with Crippen molar-refractivity contribution in [2.45, 2.75) is 25.7 Å². The minimum Gasteiger partial charge on any atom is -0.493 e. The molecular formula is C18H23N3O3. The Balaban J connectivity index is 1.82. The molecule has 24 heavy (non-hydrogen) atoms. The van der Waals surface area contributed by atoms with Crippen molar-refractivity contribution < 1.29 is 14.3 Å². The Morgan fingerprint density at radius 2 is 2.17 bits per heavy atom. The standard InChI is InChI=1S/C18H23N3O3/c1-12-10-15(20-19-12)13-6-5-9-21(11-13)18(22)14-7-4-8-16(23-2)17(14)24-3/h4,7-8,10,13H,5-6,9,11H2,1-3H3,(H,19,20)/t13-/m0/s1. The third-order valence-electron chi connectivity index (χ3n) is 4.49. The van der Waals surface area contributed by atoms with Gasteiger partial charge in [-0.1, -0.05) is 6.07 Å². The Bertz CT molecular complexity index is 726. The van der Waals surface area contributed by atoms with Gasteiger partial charge < -0.3 is 14.4 Å². The number of methoxy groups -OCH3 is 2. The van der Waals surface area contributed by atoms with E-state index in [0.717, 1.165) is 30.8 Å². The number of nitrogens with zero attached hydrogens (tertiary/aromatic N) is 2.